The van der Waals surface area contributed by atoms with Crippen LogP contribution in [0.5, 0.6) is 0 Å². The van der Waals surface area contributed by atoms with E-state index in [4.69, 9.17) is 0 Å². The van der Waals surface area contributed by atoms with Crippen molar-refractivity contribution in [2.75, 3.05) is 5.32 Å². The molecule has 4 aromatic rings. The van der Waals surface area contributed by atoms with E-state index in [1.54, 1.807) is 13.0 Å². The van der Waals surface area contributed by atoms with E-state index in [-0.39, 0.29) is 17.2 Å². The van der Waals surface area contributed by atoms with Crippen molar-refractivity contribution in [3.05, 3.63) is 89.7 Å². The minimum atomic E-state index is -4.45. The quantitative estimate of drug-likeness (QED) is 0.490. The standard InChI is InChI=1S/C22H16F3N3O/c1-14-20(13-26-28(14)19-8-4-7-17(12-19)22(23,24)25)21(29)27-18-10-9-15-5-2-3-6-16(15)11-18/h2-13H,1H3,(H,27,29). The van der Waals surface area contributed by atoms with E-state index < -0.39 is 11.7 Å². The number of nitrogens with one attached hydrogen (secondary N) is 1. The van der Waals surface area contributed by atoms with Gasteiger partial charge < -0.3 is 5.32 Å². The molecule has 7 heteroatoms. The van der Waals surface area contributed by atoms with Gasteiger partial charge in [0.15, 0.2) is 0 Å². The van der Waals surface area contributed by atoms with Gasteiger partial charge in [-0.05, 0) is 48.0 Å². The van der Waals surface area contributed by atoms with Crippen LogP contribution in [-0.2, 0) is 6.18 Å². The number of carbonyl (C=O) groups excluding carboxylic acids is 1. The zero-order chi connectivity index (χ0) is 20.6. The van der Waals surface area contributed by atoms with Crippen LogP contribution in [0.1, 0.15) is 21.6 Å². The monoisotopic (exact) mass is 395 g/mol. The first-order valence-electron chi connectivity index (χ1n) is 8.85. The number of alkyl halides is 3. The van der Waals surface area contributed by atoms with Crippen molar-refractivity contribution in [3.63, 3.8) is 0 Å². The molecule has 4 nitrogen and oxygen atoms in total. The van der Waals surface area contributed by atoms with E-state index in [1.807, 2.05) is 36.4 Å². The first kappa shape index (κ1) is 18.7. The van der Waals surface area contributed by atoms with Gasteiger partial charge in [-0.2, -0.15) is 18.3 Å². The second kappa shape index (κ2) is 7.09. The summed E-state index contributed by atoms with van der Waals surface area (Å²) in [6.45, 7) is 1.64. The molecule has 1 heterocycles. The molecule has 0 unspecified atom stereocenters. The lowest BCUT2D eigenvalue weighted by atomic mass is 10.1. The van der Waals surface area contributed by atoms with Gasteiger partial charge in [0.2, 0.25) is 0 Å². The summed E-state index contributed by atoms with van der Waals surface area (Å²) in [5, 5.41) is 8.97. The van der Waals surface area contributed by atoms with Crippen molar-refractivity contribution < 1.29 is 18.0 Å². The molecule has 0 aliphatic carbocycles. The Labute approximate surface area is 164 Å². The molecule has 0 atom stereocenters. The average Bonchev–Trinajstić information content (AvgIpc) is 3.09. The van der Waals surface area contributed by atoms with E-state index in [2.05, 4.69) is 10.4 Å². The molecule has 1 aromatic heterocycles. The Hall–Kier alpha value is -3.61. The lowest BCUT2D eigenvalue weighted by Gasteiger charge is -2.10. The topological polar surface area (TPSA) is 46.9 Å². The van der Waals surface area contributed by atoms with Crippen LogP contribution in [0.4, 0.5) is 18.9 Å². The number of benzene rings is 3. The van der Waals surface area contributed by atoms with Crippen LogP contribution in [0, 0.1) is 6.92 Å². The third-order valence-electron chi connectivity index (χ3n) is 4.68. The summed E-state index contributed by atoms with van der Waals surface area (Å²) in [5.41, 5.74) is 0.826. The maximum Gasteiger partial charge on any atom is 0.416 e. The van der Waals surface area contributed by atoms with Crippen molar-refractivity contribution in [1.82, 2.24) is 9.78 Å². The van der Waals surface area contributed by atoms with Gasteiger partial charge in [-0.15, -0.1) is 0 Å². The van der Waals surface area contributed by atoms with Crippen molar-refractivity contribution >= 4 is 22.4 Å². The number of nitrogens with zero attached hydrogens (tertiary/aromatic N) is 2. The van der Waals surface area contributed by atoms with Gasteiger partial charge in [0, 0.05) is 5.69 Å². The third kappa shape index (κ3) is 3.71. The molecule has 0 spiro atoms. The Morgan fingerprint density at radius 3 is 2.48 bits per heavy atom. The van der Waals surface area contributed by atoms with Gasteiger partial charge in [-0.25, -0.2) is 4.68 Å². The number of amides is 1. The van der Waals surface area contributed by atoms with Crippen LogP contribution < -0.4 is 5.32 Å². The molecule has 146 valence electrons. The van der Waals surface area contributed by atoms with Gasteiger partial charge in [0.25, 0.3) is 5.91 Å². The minimum Gasteiger partial charge on any atom is -0.322 e. The van der Waals surface area contributed by atoms with E-state index in [0.717, 1.165) is 22.9 Å². The van der Waals surface area contributed by atoms with E-state index in [1.165, 1.54) is 23.0 Å². The van der Waals surface area contributed by atoms with Crippen LogP contribution in [-0.4, -0.2) is 15.7 Å². The van der Waals surface area contributed by atoms with E-state index in [0.29, 0.717) is 11.4 Å². The highest BCUT2D eigenvalue weighted by atomic mass is 19.4. The van der Waals surface area contributed by atoms with Crippen molar-refractivity contribution in [2.24, 2.45) is 0 Å². The predicted octanol–water partition coefficient (Wildman–Crippen LogP) is 5.61. The lowest BCUT2D eigenvalue weighted by Crippen LogP contribution is -2.13. The summed E-state index contributed by atoms with van der Waals surface area (Å²) in [6.07, 6.45) is -3.10. The second-order valence-corrected chi connectivity index (χ2v) is 6.62. The molecule has 0 radical (unpaired) electrons. The molecule has 0 saturated carbocycles. The summed E-state index contributed by atoms with van der Waals surface area (Å²) in [7, 11) is 0. The van der Waals surface area contributed by atoms with Gasteiger partial charge in [-0.1, -0.05) is 36.4 Å². The van der Waals surface area contributed by atoms with Gasteiger partial charge in [0.1, 0.15) is 0 Å². The summed E-state index contributed by atoms with van der Waals surface area (Å²) < 4.78 is 40.3. The number of hydrogen-bond donors (Lipinski definition) is 1. The number of hydrogen-bond acceptors (Lipinski definition) is 2. The fourth-order valence-electron chi connectivity index (χ4n) is 3.17. The Balaban J connectivity index is 1.61. The highest BCUT2D eigenvalue weighted by Crippen LogP contribution is 2.30. The second-order valence-electron chi connectivity index (χ2n) is 6.62. The first-order valence-corrected chi connectivity index (χ1v) is 8.85. The van der Waals surface area contributed by atoms with Gasteiger partial charge in [-0.3, -0.25) is 4.79 Å². The Morgan fingerprint density at radius 1 is 0.966 bits per heavy atom. The van der Waals surface area contributed by atoms with Crippen LogP contribution >= 0.6 is 0 Å². The number of rotatable bonds is 3. The fourth-order valence-corrected chi connectivity index (χ4v) is 3.17. The van der Waals surface area contributed by atoms with Crippen molar-refractivity contribution in [1.29, 1.82) is 0 Å². The normalized spacial score (nSPS) is 11.6. The maximum atomic E-state index is 13.0. The van der Waals surface area contributed by atoms with Crippen LogP contribution in [0.2, 0.25) is 0 Å². The zero-order valence-corrected chi connectivity index (χ0v) is 15.4. The Morgan fingerprint density at radius 2 is 1.72 bits per heavy atom. The molecular weight excluding hydrogens is 379 g/mol. The lowest BCUT2D eigenvalue weighted by molar-refractivity contribution is -0.137. The molecule has 0 saturated heterocycles. The SMILES string of the molecule is Cc1c(C(=O)Nc2ccc3ccccc3c2)cnn1-c1cccc(C(F)(F)F)c1. The predicted molar refractivity (Wildman–Crippen MR) is 105 cm³/mol. The van der Waals surface area contributed by atoms with Crippen LogP contribution in [0.25, 0.3) is 16.5 Å². The molecule has 0 fully saturated rings. The fraction of sp³-hybridized carbons (Fsp3) is 0.0909. The largest absolute Gasteiger partial charge is 0.416 e. The summed E-state index contributed by atoms with van der Waals surface area (Å²) in [6, 6.07) is 18.2. The number of anilines is 1. The molecule has 1 N–H and O–H groups in total. The summed E-state index contributed by atoms with van der Waals surface area (Å²) >= 11 is 0. The van der Waals surface area contributed by atoms with E-state index in [9.17, 15) is 18.0 Å². The zero-order valence-electron chi connectivity index (χ0n) is 15.4. The molecule has 1 amide bonds. The van der Waals surface area contributed by atoms with Gasteiger partial charge in [0.05, 0.1) is 28.7 Å². The van der Waals surface area contributed by atoms with Crippen molar-refractivity contribution in [2.45, 2.75) is 13.1 Å². The Kier molecular flexibility index (Phi) is 4.58. The smallest absolute Gasteiger partial charge is 0.322 e. The maximum absolute atomic E-state index is 13.0. The molecule has 0 bridgehead atoms. The summed E-state index contributed by atoms with van der Waals surface area (Å²) in [4.78, 5) is 12.7. The number of aromatic nitrogens is 2. The molecule has 3 aromatic carbocycles. The number of fused-ring (bicyclic) bond motifs is 1. The summed E-state index contributed by atoms with van der Waals surface area (Å²) in [5.74, 6) is -0.379. The number of halogens is 3. The van der Waals surface area contributed by atoms with Gasteiger partial charge >= 0.3 is 6.18 Å². The van der Waals surface area contributed by atoms with Crippen LogP contribution in [0.15, 0.2) is 72.9 Å². The molecular formula is C22H16F3N3O. The highest BCUT2D eigenvalue weighted by Gasteiger charge is 2.30. The minimum absolute atomic E-state index is 0.238. The van der Waals surface area contributed by atoms with E-state index >= 15 is 0 Å². The van der Waals surface area contributed by atoms with Crippen molar-refractivity contribution in [3.8, 4) is 5.69 Å². The number of carbonyl (C=O) groups is 1. The molecule has 0 aliphatic heterocycles. The average molecular weight is 395 g/mol. The molecule has 29 heavy (non-hydrogen) atoms. The highest BCUT2D eigenvalue weighted by molar-refractivity contribution is 6.05. The van der Waals surface area contributed by atoms with Crippen LogP contribution in [0.3, 0.4) is 0 Å². The first-order chi connectivity index (χ1) is 13.8. The third-order valence-corrected chi connectivity index (χ3v) is 4.68. The molecule has 4 rings (SSSR count). The Bertz CT molecular complexity index is 1210. The molecule has 0 aliphatic rings.